The molecule has 1 atom stereocenters. The topological polar surface area (TPSA) is 92.6 Å². The summed E-state index contributed by atoms with van der Waals surface area (Å²) < 4.78 is 0. The van der Waals surface area contributed by atoms with E-state index in [9.17, 15) is 10.1 Å². The van der Waals surface area contributed by atoms with Crippen LogP contribution in [-0.2, 0) is 0 Å². The zero-order valence-corrected chi connectivity index (χ0v) is 9.74. The summed E-state index contributed by atoms with van der Waals surface area (Å²) in [6.45, 7) is 0.965. The van der Waals surface area contributed by atoms with Crippen LogP contribution in [0.2, 0.25) is 0 Å². The highest BCUT2D eigenvalue weighted by atomic mass is 16.6. The van der Waals surface area contributed by atoms with Crippen LogP contribution in [0.25, 0.3) is 0 Å². The normalized spacial score (nSPS) is 12.7. The minimum atomic E-state index is -0.432. The first-order chi connectivity index (χ1) is 8.10. The van der Waals surface area contributed by atoms with Crippen LogP contribution in [0.15, 0.2) is 24.3 Å². The van der Waals surface area contributed by atoms with Crippen molar-refractivity contribution in [2.24, 2.45) is 5.73 Å². The van der Waals surface area contributed by atoms with Crippen molar-refractivity contribution in [1.82, 2.24) is 4.90 Å². The lowest BCUT2D eigenvalue weighted by Gasteiger charge is -2.26. The number of likely N-dealkylation sites (N-methyl/N-ethyl adjacent to an activating group) is 1. The van der Waals surface area contributed by atoms with E-state index in [1.807, 2.05) is 11.9 Å². The van der Waals surface area contributed by atoms with Crippen molar-refractivity contribution in [2.45, 2.75) is 6.04 Å². The van der Waals surface area contributed by atoms with Crippen LogP contribution in [-0.4, -0.2) is 41.7 Å². The van der Waals surface area contributed by atoms with Gasteiger partial charge in [-0.15, -0.1) is 0 Å². The monoisotopic (exact) mass is 239 g/mol. The van der Waals surface area contributed by atoms with Crippen molar-refractivity contribution in [3.8, 4) is 0 Å². The highest BCUT2D eigenvalue weighted by Gasteiger charge is 2.15. The molecule has 1 aromatic rings. The Morgan fingerprint density at radius 2 is 2.06 bits per heavy atom. The van der Waals surface area contributed by atoms with Crippen LogP contribution in [0, 0.1) is 10.1 Å². The maximum absolute atomic E-state index is 10.5. The lowest BCUT2D eigenvalue weighted by molar-refractivity contribution is -0.384. The third-order valence-corrected chi connectivity index (χ3v) is 2.70. The second-order valence-electron chi connectivity index (χ2n) is 3.80. The summed E-state index contributed by atoms with van der Waals surface area (Å²) in [4.78, 5) is 12.0. The summed E-state index contributed by atoms with van der Waals surface area (Å²) in [7, 11) is 1.86. The first kappa shape index (κ1) is 13.6. The van der Waals surface area contributed by atoms with E-state index in [1.165, 1.54) is 12.1 Å². The Labute approximate surface area is 99.8 Å². The second-order valence-corrected chi connectivity index (χ2v) is 3.80. The fourth-order valence-electron chi connectivity index (χ4n) is 1.70. The number of aliphatic hydroxyl groups excluding tert-OH is 1. The molecule has 0 fully saturated rings. The zero-order valence-electron chi connectivity index (χ0n) is 9.74. The molecule has 6 heteroatoms. The van der Waals surface area contributed by atoms with Crippen LogP contribution in [0.4, 0.5) is 5.69 Å². The quantitative estimate of drug-likeness (QED) is 0.557. The smallest absolute Gasteiger partial charge is 0.269 e. The summed E-state index contributed by atoms with van der Waals surface area (Å²) in [5.41, 5.74) is 6.65. The predicted octanol–water partition coefficient (Wildman–Crippen LogP) is 0.519. The summed E-state index contributed by atoms with van der Waals surface area (Å²) >= 11 is 0. The molecule has 0 aromatic heterocycles. The molecule has 17 heavy (non-hydrogen) atoms. The van der Waals surface area contributed by atoms with Gasteiger partial charge in [0.15, 0.2) is 0 Å². The molecular formula is C11H17N3O3. The minimum Gasteiger partial charge on any atom is -0.395 e. The lowest BCUT2D eigenvalue weighted by atomic mass is 10.1. The number of benzene rings is 1. The molecule has 0 radical (unpaired) electrons. The van der Waals surface area contributed by atoms with Gasteiger partial charge in [0.1, 0.15) is 0 Å². The van der Waals surface area contributed by atoms with Crippen molar-refractivity contribution in [1.29, 1.82) is 0 Å². The van der Waals surface area contributed by atoms with E-state index >= 15 is 0 Å². The van der Waals surface area contributed by atoms with Gasteiger partial charge in [-0.2, -0.15) is 0 Å². The molecule has 1 unspecified atom stereocenters. The Hall–Kier alpha value is -1.50. The number of non-ortho nitro benzene ring substituents is 1. The summed E-state index contributed by atoms with van der Waals surface area (Å²) in [5.74, 6) is 0. The Morgan fingerprint density at radius 3 is 2.47 bits per heavy atom. The number of hydrogen-bond acceptors (Lipinski definition) is 5. The Bertz CT molecular complexity index is 367. The molecule has 0 saturated heterocycles. The number of hydrogen-bond donors (Lipinski definition) is 2. The van der Waals surface area contributed by atoms with Gasteiger partial charge < -0.3 is 10.8 Å². The summed E-state index contributed by atoms with van der Waals surface area (Å²) in [6, 6.07) is 6.28. The molecule has 0 aliphatic carbocycles. The fourth-order valence-corrected chi connectivity index (χ4v) is 1.70. The number of aliphatic hydroxyl groups is 1. The minimum absolute atomic E-state index is 0.0389. The molecule has 6 nitrogen and oxygen atoms in total. The van der Waals surface area contributed by atoms with Crippen molar-refractivity contribution < 1.29 is 10.0 Å². The van der Waals surface area contributed by atoms with Crippen molar-refractivity contribution in [2.75, 3.05) is 26.7 Å². The van der Waals surface area contributed by atoms with Crippen molar-refractivity contribution >= 4 is 5.69 Å². The molecule has 0 amide bonds. The average Bonchev–Trinajstić information content (AvgIpc) is 2.31. The predicted molar refractivity (Wildman–Crippen MR) is 64.6 cm³/mol. The fraction of sp³-hybridized carbons (Fsp3) is 0.455. The summed E-state index contributed by atoms with van der Waals surface area (Å²) in [6.07, 6.45) is 0. The number of nitro groups is 1. The van der Waals surface area contributed by atoms with Gasteiger partial charge in [0, 0.05) is 31.3 Å². The molecule has 0 bridgehead atoms. The molecule has 94 valence electrons. The Morgan fingerprint density at radius 1 is 1.47 bits per heavy atom. The van der Waals surface area contributed by atoms with Crippen LogP contribution in [0.5, 0.6) is 0 Å². The van der Waals surface area contributed by atoms with E-state index in [-0.39, 0.29) is 18.3 Å². The largest absolute Gasteiger partial charge is 0.395 e. The van der Waals surface area contributed by atoms with Crippen molar-refractivity contribution in [3.63, 3.8) is 0 Å². The van der Waals surface area contributed by atoms with E-state index in [0.717, 1.165) is 5.56 Å². The maximum Gasteiger partial charge on any atom is 0.269 e. The first-order valence-electron chi connectivity index (χ1n) is 5.35. The standard InChI is InChI=1S/C11H17N3O3/c1-13(6-7-15)11(8-12)9-2-4-10(5-3-9)14(16)17/h2-5,11,15H,6-8,12H2,1H3. The molecule has 3 N–H and O–H groups in total. The third-order valence-electron chi connectivity index (χ3n) is 2.70. The number of nitrogens with zero attached hydrogens (tertiary/aromatic N) is 2. The van der Waals surface area contributed by atoms with Crippen LogP contribution in [0.3, 0.4) is 0 Å². The van der Waals surface area contributed by atoms with Gasteiger partial charge in [0.2, 0.25) is 0 Å². The van der Waals surface area contributed by atoms with E-state index < -0.39 is 4.92 Å². The van der Waals surface area contributed by atoms with E-state index in [4.69, 9.17) is 10.8 Å². The van der Waals surface area contributed by atoms with E-state index in [1.54, 1.807) is 12.1 Å². The second kappa shape index (κ2) is 6.29. The Kier molecular flexibility index (Phi) is 5.02. The van der Waals surface area contributed by atoms with Gasteiger partial charge in [0.25, 0.3) is 5.69 Å². The highest BCUT2D eigenvalue weighted by Crippen LogP contribution is 2.20. The molecule has 0 aliphatic heterocycles. The molecule has 0 spiro atoms. The average molecular weight is 239 g/mol. The molecule has 1 rings (SSSR count). The summed E-state index contributed by atoms with van der Waals surface area (Å²) in [5, 5.41) is 19.4. The van der Waals surface area contributed by atoms with Crippen LogP contribution < -0.4 is 5.73 Å². The van der Waals surface area contributed by atoms with Gasteiger partial charge in [-0.3, -0.25) is 15.0 Å². The van der Waals surface area contributed by atoms with Gasteiger partial charge in [0.05, 0.1) is 11.5 Å². The zero-order chi connectivity index (χ0) is 12.8. The molecule has 0 saturated carbocycles. The Balaban J connectivity index is 2.85. The SMILES string of the molecule is CN(CCO)C(CN)c1ccc([N+](=O)[O-])cc1. The molecular weight excluding hydrogens is 222 g/mol. The number of rotatable bonds is 6. The third kappa shape index (κ3) is 3.48. The number of nitrogens with two attached hydrogens (primary N) is 1. The van der Waals surface area contributed by atoms with Crippen molar-refractivity contribution in [3.05, 3.63) is 39.9 Å². The van der Waals surface area contributed by atoms with Crippen LogP contribution in [0.1, 0.15) is 11.6 Å². The maximum atomic E-state index is 10.5. The molecule has 1 aromatic carbocycles. The van der Waals surface area contributed by atoms with E-state index in [2.05, 4.69) is 0 Å². The lowest BCUT2D eigenvalue weighted by Crippen LogP contribution is -2.32. The molecule has 0 aliphatic rings. The van der Waals surface area contributed by atoms with Gasteiger partial charge in [-0.05, 0) is 12.6 Å². The van der Waals surface area contributed by atoms with Crippen LogP contribution >= 0.6 is 0 Å². The first-order valence-corrected chi connectivity index (χ1v) is 5.35. The van der Waals surface area contributed by atoms with Gasteiger partial charge >= 0.3 is 0 Å². The van der Waals surface area contributed by atoms with E-state index in [0.29, 0.717) is 13.1 Å². The highest BCUT2D eigenvalue weighted by molar-refractivity contribution is 5.34. The van der Waals surface area contributed by atoms with Gasteiger partial charge in [-0.1, -0.05) is 12.1 Å². The number of nitro benzene ring substituents is 1. The van der Waals surface area contributed by atoms with Gasteiger partial charge in [-0.25, -0.2) is 0 Å². The molecule has 0 heterocycles.